The van der Waals surface area contributed by atoms with Gasteiger partial charge in [0.25, 0.3) is 0 Å². The van der Waals surface area contributed by atoms with E-state index in [1.807, 2.05) is 26.8 Å². The Kier molecular flexibility index (Phi) is 5.71. The minimum Gasteiger partial charge on any atom is -0.472 e. The number of fused-ring (bicyclic) bond motifs is 5. The maximum absolute atomic E-state index is 13.6. The first kappa shape index (κ1) is 24.8. The molecule has 1 heterocycles. The Labute approximate surface area is 214 Å². The van der Waals surface area contributed by atoms with Gasteiger partial charge < -0.3 is 14.3 Å². The molecule has 1 aromatic rings. The number of furan rings is 1. The number of rotatable bonds is 4. The molecule has 2 fully saturated rings. The highest BCUT2D eigenvalue weighted by atomic mass is 35.5. The lowest BCUT2D eigenvalue weighted by Crippen LogP contribution is -2.69. The van der Waals surface area contributed by atoms with E-state index >= 15 is 0 Å². The zero-order valence-electron chi connectivity index (χ0n) is 20.1. The van der Waals surface area contributed by atoms with Gasteiger partial charge in [0.15, 0.2) is 17.2 Å². The molecule has 1 N–H and O–H groups in total. The van der Waals surface area contributed by atoms with Crippen molar-refractivity contribution in [2.45, 2.75) is 63.0 Å². The molecule has 4 aliphatic rings. The van der Waals surface area contributed by atoms with Crippen LogP contribution in [0.1, 0.15) is 56.8 Å². The molecule has 0 spiro atoms. The summed E-state index contributed by atoms with van der Waals surface area (Å²) in [6.07, 6.45) is 8.73. The highest BCUT2D eigenvalue weighted by Gasteiger charge is 2.76. The third kappa shape index (κ3) is 3.02. The number of aliphatic hydroxyl groups is 1. The number of ketones is 2. The van der Waals surface area contributed by atoms with E-state index in [0.29, 0.717) is 12.8 Å². The van der Waals surface area contributed by atoms with Crippen molar-refractivity contribution in [1.29, 1.82) is 0 Å². The SMILES string of the molecule is C[C@@H]1CC2[C@@H]3CC=C4CC(=O)C=C[C@]4(C)[C@@]3(Cl)[C@@H](O)C[C@]2(C)[C@@]1(OC(=O)c1ccoc1)C(=O)CCl. The second-order valence-electron chi connectivity index (χ2n) is 11.1. The summed E-state index contributed by atoms with van der Waals surface area (Å²) < 4.78 is 11.2. The van der Waals surface area contributed by atoms with E-state index in [2.05, 4.69) is 6.08 Å². The Balaban J connectivity index is 1.62. The molecule has 0 radical (unpaired) electrons. The Hall–Kier alpha value is -1.89. The minimum atomic E-state index is -1.52. The molecular weight excluding hydrogens is 491 g/mol. The molecule has 0 bridgehead atoms. The average molecular weight is 521 g/mol. The van der Waals surface area contributed by atoms with Gasteiger partial charge in [-0.1, -0.05) is 38.5 Å². The Morgan fingerprint density at radius 3 is 2.69 bits per heavy atom. The van der Waals surface area contributed by atoms with Gasteiger partial charge in [-0.05, 0) is 43.2 Å². The molecule has 0 saturated heterocycles. The van der Waals surface area contributed by atoms with Crippen LogP contribution in [0.3, 0.4) is 0 Å². The number of alkyl halides is 2. The van der Waals surface area contributed by atoms with Gasteiger partial charge >= 0.3 is 5.97 Å². The highest BCUT2D eigenvalue weighted by molar-refractivity contribution is 6.29. The molecule has 0 aliphatic heterocycles. The Morgan fingerprint density at radius 1 is 1.29 bits per heavy atom. The van der Waals surface area contributed by atoms with Gasteiger partial charge in [0, 0.05) is 23.2 Å². The van der Waals surface area contributed by atoms with E-state index in [4.69, 9.17) is 32.4 Å². The topological polar surface area (TPSA) is 93.8 Å². The van der Waals surface area contributed by atoms with Crippen LogP contribution in [0.25, 0.3) is 0 Å². The molecule has 188 valence electrons. The van der Waals surface area contributed by atoms with Crippen molar-refractivity contribution >= 4 is 40.7 Å². The number of allylic oxidation sites excluding steroid dienone is 4. The van der Waals surface area contributed by atoms with Crippen molar-refractivity contribution < 1.29 is 28.6 Å². The van der Waals surface area contributed by atoms with E-state index in [0.717, 1.165) is 5.57 Å². The molecule has 6 nitrogen and oxygen atoms in total. The predicted molar refractivity (Wildman–Crippen MR) is 130 cm³/mol. The quantitative estimate of drug-likeness (QED) is 0.345. The van der Waals surface area contributed by atoms with Crippen molar-refractivity contribution in [1.82, 2.24) is 0 Å². The zero-order chi connectivity index (χ0) is 25.4. The van der Waals surface area contributed by atoms with Gasteiger partial charge in [-0.3, -0.25) is 9.59 Å². The molecule has 0 amide bonds. The molecule has 2 saturated carbocycles. The number of esters is 1. The number of carbonyl (C=O) groups is 3. The summed E-state index contributed by atoms with van der Waals surface area (Å²) >= 11 is 13.6. The van der Waals surface area contributed by atoms with Gasteiger partial charge in [-0.2, -0.15) is 0 Å². The third-order valence-electron chi connectivity index (χ3n) is 9.69. The van der Waals surface area contributed by atoms with Crippen molar-refractivity contribution in [2.24, 2.45) is 28.6 Å². The van der Waals surface area contributed by atoms with E-state index in [-0.39, 0.29) is 53.6 Å². The van der Waals surface area contributed by atoms with Crippen LogP contribution in [0.5, 0.6) is 0 Å². The lowest BCUT2D eigenvalue weighted by molar-refractivity contribution is -0.175. The molecule has 8 heteroatoms. The van der Waals surface area contributed by atoms with Crippen molar-refractivity contribution in [2.75, 3.05) is 5.88 Å². The summed E-state index contributed by atoms with van der Waals surface area (Å²) in [5.74, 6) is -1.99. The standard InChI is InChI=1S/C27H30Cl2O6/c1-15-10-20-19-5-4-17-11-18(30)6-8-24(17,2)26(19,29)21(31)12-25(20,3)27(15,22(32)13-28)35-23(33)16-7-9-34-14-16/h4,6-9,14-15,19-21,31H,5,10-13H2,1-3H3/t15-,19+,20?,21+,24+,25+,26+,27+/m1/s1. The molecule has 1 unspecified atom stereocenters. The number of hydrogen-bond acceptors (Lipinski definition) is 6. The summed E-state index contributed by atoms with van der Waals surface area (Å²) in [5, 5.41) is 11.8. The van der Waals surface area contributed by atoms with Crippen LogP contribution in [0.4, 0.5) is 0 Å². The van der Waals surface area contributed by atoms with Crippen LogP contribution in [0, 0.1) is 28.6 Å². The molecule has 0 aromatic carbocycles. The summed E-state index contributed by atoms with van der Waals surface area (Å²) in [5.41, 5.74) is -1.97. The summed E-state index contributed by atoms with van der Waals surface area (Å²) in [6, 6.07) is 1.49. The van der Waals surface area contributed by atoms with Crippen molar-refractivity contribution in [3.63, 3.8) is 0 Å². The van der Waals surface area contributed by atoms with Gasteiger partial charge in [-0.25, -0.2) is 4.79 Å². The molecule has 8 atom stereocenters. The van der Waals surface area contributed by atoms with Crippen molar-refractivity contribution in [3.8, 4) is 0 Å². The highest BCUT2D eigenvalue weighted by Crippen LogP contribution is 2.71. The average Bonchev–Trinajstić information content (AvgIpc) is 3.42. The summed E-state index contributed by atoms with van der Waals surface area (Å²) in [6.45, 7) is 5.82. The molecule has 35 heavy (non-hydrogen) atoms. The molecule has 4 aliphatic carbocycles. The van der Waals surface area contributed by atoms with Gasteiger partial charge in [0.05, 0.1) is 28.7 Å². The maximum Gasteiger partial charge on any atom is 0.342 e. The Morgan fingerprint density at radius 2 is 2.03 bits per heavy atom. The minimum absolute atomic E-state index is 0.0231. The van der Waals surface area contributed by atoms with Crippen molar-refractivity contribution in [3.05, 3.63) is 48.0 Å². The maximum atomic E-state index is 13.6. The fourth-order valence-electron chi connectivity index (χ4n) is 7.99. The molecule has 5 rings (SSSR count). The third-order valence-corrected chi connectivity index (χ3v) is 10.9. The monoisotopic (exact) mass is 520 g/mol. The number of hydrogen-bond donors (Lipinski definition) is 1. The zero-order valence-corrected chi connectivity index (χ0v) is 21.6. The Bertz CT molecular complexity index is 1140. The van der Waals surface area contributed by atoms with E-state index in [9.17, 15) is 19.5 Å². The van der Waals surface area contributed by atoms with Crippen LogP contribution >= 0.6 is 23.2 Å². The first-order valence-corrected chi connectivity index (χ1v) is 13.0. The van der Waals surface area contributed by atoms with Crippen LogP contribution in [-0.4, -0.2) is 45.1 Å². The van der Waals surface area contributed by atoms with Crippen LogP contribution in [0.2, 0.25) is 0 Å². The summed E-state index contributed by atoms with van der Waals surface area (Å²) in [4.78, 5) is 37.8. The van der Waals surface area contributed by atoms with Crippen LogP contribution < -0.4 is 0 Å². The molecule has 1 aromatic heterocycles. The summed E-state index contributed by atoms with van der Waals surface area (Å²) in [7, 11) is 0. The second kappa shape index (κ2) is 8.06. The lowest BCUT2D eigenvalue weighted by Gasteiger charge is -2.63. The number of ether oxygens (including phenoxy) is 1. The number of halogens is 2. The van der Waals surface area contributed by atoms with Crippen LogP contribution in [-0.2, 0) is 14.3 Å². The van der Waals surface area contributed by atoms with E-state index < -0.39 is 33.4 Å². The van der Waals surface area contributed by atoms with Gasteiger partial charge in [0.2, 0.25) is 0 Å². The van der Waals surface area contributed by atoms with Crippen LogP contribution in [0.15, 0.2) is 46.8 Å². The number of carbonyl (C=O) groups excluding carboxylic acids is 3. The fraction of sp³-hybridized carbons (Fsp3) is 0.593. The smallest absolute Gasteiger partial charge is 0.342 e. The first-order chi connectivity index (χ1) is 16.5. The normalized spacial score (nSPS) is 44.2. The van der Waals surface area contributed by atoms with Gasteiger partial charge in [0.1, 0.15) is 6.26 Å². The second-order valence-corrected chi connectivity index (χ2v) is 12.0. The fourth-order valence-corrected chi connectivity index (χ4v) is 8.69. The first-order valence-electron chi connectivity index (χ1n) is 12.1. The van der Waals surface area contributed by atoms with E-state index in [1.165, 1.54) is 18.6 Å². The molecular formula is C27H30Cl2O6. The predicted octanol–water partition coefficient (Wildman–Crippen LogP) is 4.87. The van der Waals surface area contributed by atoms with Gasteiger partial charge in [-0.15, -0.1) is 23.2 Å². The van der Waals surface area contributed by atoms with E-state index in [1.54, 1.807) is 6.08 Å². The number of Topliss-reactive ketones (excluding diaryl/α,β-unsaturated/α-hetero) is 1. The largest absolute Gasteiger partial charge is 0.472 e. The number of aliphatic hydroxyl groups excluding tert-OH is 1. The lowest BCUT2D eigenvalue weighted by atomic mass is 9.46.